The van der Waals surface area contributed by atoms with E-state index in [0.29, 0.717) is 25.9 Å². The van der Waals surface area contributed by atoms with E-state index in [1.54, 1.807) is 11.9 Å². The second-order valence-electron chi connectivity index (χ2n) is 5.63. The normalized spacial score (nSPS) is 19.9. The lowest BCUT2D eigenvalue weighted by Gasteiger charge is -2.27. The van der Waals surface area contributed by atoms with Crippen LogP contribution < -0.4 is 0 Å². The summed E-state index contributed by atoms with van der Waals surface area (Å²) in [6.07, 6.45) is 4.37. The molecule has 0 radical (unpaired) electrons. The van der Waals surface area contributed by atoms with Crippen molar-refractivity contribution in [3.63, 3.8) is 0 Å². The Morgan fingerprint density at radius 1 is 1.33 bits per heavy atom. The molecule has 1 N–H and O–H groups in total. The van der Waals surface area contributed by atoms with Gasteiger partial charge in [-0.3, -0.25) is 4.79 Å². The van der Waals surface area contributed by atoms with Gasteiger partial charge >= 0.3 is 0 Å². The Morgan fingerprint density at radius 2 is 2.05 bits per heavy atom. The third kappa shape index (κ3) is 5.23. The first-order chi connectivity index (χ1) is 9.94. The average molecular weight is 320 g/mol. The van der Waals surface area contributed by atoms with Crippen molar-refractivity contribution in [2.75, 3.05) is 32.5 Å². The Morgan fingerprint density at radius 3 is 2.67 bits per heavy atom. The van der Waals surface area contributed by atoms with E-state index in [1.165, 1.54) is 4.31 Å². The lowest BCUT2D eigenvalue weighted by molar-refractivity contribution is -0.133. The summed E-state index contributed by atoms with van der Waals surface area (Å²) in [5.41, 5.74) is 0. The van der Waals surface area contributed by atoms with E-state index < -0.39 is 16.1 Å². The fourth-order valence-corrected chi connectivity index (χ4v) is 4.44. The monoisotopic (exact) mass is 320 g/mol. The van der Waals surface area contributed by atoms with E-state index in [-0.39, 0.29) is 18.3 Å². The number of amides is 1. The Balaban J connectivity index is 2.59. The summed E-state index contributed by atoms with van der Waals surface area (Å²) in [5, 5.41) is 8.73. The van der Waals surface area contributed by atoms with E-state index in [1.807, 2.05) is 6.92 Å². The molecule has 1 rings (SSSR count). The third-order valence-electron chi connectivity index (χ3n) is 3.84. The van der Waals surface area contributed by atoms with Gasteiger partial charge in [0, 0.05) is 26.7 Å². The molecule has 1 aliphatic heterocycles. The molecule has 21 heavy (non-hydrogen) atoms. The number of aliphatic hydroxyl groups excluding tert-OH is 1. The Hall–Kier alpha value is -0.660. The summed E-state index contributed by atoms with van der Waals surface area (Å²) < 4.78 is 25.8. The Labute approximate surface area is 128 Å². The number of rotatable bonds is 9. The minimum absolute atomic E-state index is 0.101. The number of carbonyl (C=O) groups is 1. The van der Waals surface area contributed by atoms with Gasteiger partial charge in [-0.25, -0.2) is 8.42 Å². The second-order valence-corrected chi connectivity index (χ2v) is 7.67. The van der Waals surface area contributed by atoms with E-state index in [0.717, 1.165) is 25.7 Å². The molecule has 1 atom stereocenters. The number of hydrogen-bond donors (Lipinski definition) is 1. The average Bonchev–Trinajstić information content (AvgIpc) is 2.92. The first kappa shape index (κ1) is 18.4. The number of sulfonamides is 1. The van der Waals surface area contributed by atoms with Crippen molar-refractivity contribution >= 4 is 15.9 Å². The first-order valence-electron chi connectivity index (χ1n) is 7.79. The minimum Gasteiger partial charge on any atom is -0.396 e. The molecule has 1 aliphatic rings. The molecule has 0 aromatic rings. The highest BCUT2D eigenvalue weighted by Crippen LogP contribution is 2.23. The lowest BCUT2D eigenvalue weighted by Crippen LogP contribution is -2.47. The summed E-state index contributed by atoms with van der Waals surface area (Å²) in [5.74, 6) is 0.00737. The number of nitrogens with zero attached hydrogens (tertiary/aromatic N) is 2. The molecule has 1 amide bonds. The predicted molar refractivity (Wildman–Crippen MR) is 82.4 cm³/mol. The molecular weight excluding hydrogens is 292 g/mol. The lowest BCUT2D eigenvalue weighted by atomic mass is 10.2. The van der Waals surface area contributed by atoms with E-state index in [9.17, 15) is 13.2 Å². The zero-order valence-corrected chi connectivity index (χ0v) is 13.9. The molecule has 1 saturated heterocycles. The second kappa shape index (κ2) is 8.70. The topological polar surface area (TPSA) is 77.9 Å². The largest absolute Gasteiger partial charge is 0.396 e. The maximum atomic E-state index is 12.4. The molecule has 1 heterocycles. The SMILES string of the molecule is CCCS(=O)(=O)N1CCCC1C(=O)N(C)CCCCCO. The van der Waals surface area contributed by atoms with Crippen LogP contribution in [0.2, 0.25) is 0 Å². The van der Waals surface area contributed by atoms with Crippen LogP contribution in [0, 0.1) is 0 Å². The van der Waals surface area contributed by atoms with Crippen LogP contribution >= 0.6 is 0 Å². The van der Waals surface area contributed by atoms with E-state index >= 15 is 0 Å². The molecule has 0 spiro atoms. The van der Waals surface area contributed by atoms with Gasteiger partial charge in [0.1, 0.15) is 6.04 Å². The molecule has 0 aliphatic carbocycles. The van der Waals surface area contributed by atoms with Crippen LogP contribution in [0.1, 0.15) is 45.4 Å². The molecule has 1 unspecified atom stereocenters. The summed E-state index contributed by atoms with van der Waals surface area (Å²) >= 11 is 0. The Bertz CT molecular complexity index is 425. The highest BCUT2D eigenvalue weighted by Gasteiger charge is 2.39. The fourth-order valence-electron chi connectivity index (χ4n) is 2.70. The van der Waals surface area contributed by atoms with Crippen LogP contribution in [0.5, 0.6) is 0 Å². The minimum atomic E-state index is -3.31. The molecule has 0 saturated carbocycles. The van der Waals surface area contributed by atoms with Crippen molar-refractivity contribution in [1.29, 1.82) is 0 Å². The molecule has 124 valence electrons. The zero-order valence-electron chi connectivity index (χ0n) is 13.1. The van der Waals surface area contributed by atoms with E-state index in [4.69, 9.17) is 5.11 Å². The fraction of sp³-hybridized carbons (Fsp3) is 0.929. The number of hydrogen-bond acceptors (Lipinski definition) is 4. The van der Waals surface area contributed by atoms with Crippen molar-refractivity contribution in [1.82, 2.24) is 9.21 Å². The summed E-state index contributed by atoms with van der Waals surface area (Å²) in [6, 6.07) is -0.524. The van der Waals surface area contributed by atoms with Gasteiger partial charge in [-0.2, -0.15) is 4.31 Å². The van der Waals surface area contributed by atoms with Crippen LogP contribution in [0.4, 0.5) is 0 Å². The van der Waals surface area contributed by atoms with Crippen molar-refractivity contribution in [2.45, 2.75) is 51.5 Å². The standard InChI is InChI=1S/C14H28N2O4S/c1-3-12-21(19,20)16-10-7-8-13(16)14(18)15(2)9-5-4-6-11-17/h13,17H,3-12H2,1-2H3. The number of aliphatic hydroxyl groups is 1. The maximum Gasteiger partial charge on any atom is 0.240 e. The number of likely N-dealkylation sites (N-methyl/N-ethyl adjacent to an activating group) is 1. The van der Waals surface area contributed by atoms with Gasteiger partial charge < -0.3 is 10.0 Å². The molecule has 0 aromatic carbocycles. The highest BCUT2D eigenvalue weighted by atomic mass is 32.2. The van der Waals surface area contributed by atoms with Gasteiger partial charge in [0.2, 0.25) is 15.9 Å². The van der Waals surface area contributed by atoms with Gasteiger partial charge in [-0.05, 0) is 38.5 Å². The molecule has 1 fully saturated rings. The Kier molecular flexibility index (Phi) is 7.62. The van der Waals surface area contributed by atoms with Gasteiger partial charge in [-0.1, -0.05) is 6.92 Å². The van der Waals surface area contributed by atoms with Crippen molar-refractivity contribution < 1.29 is 18.3 Å². The quantitative estimate of drug-likeness (QED) is 0.638. The van der Waals surface area contributed by atoms with Crippen molar-refractivity contribution in [3.8, 4) is 0 Å². The van der Waals surface area contributed by atoms with Gasteiger partial charge in [-0.15, -0.1) is 0 Å². The smallest absolute Gasteiger partial charge is 0.240 e. The van der Waals surface area contributed by atoms with Crippen LogP contribution in [0.25, 0.3) is 0 Å². The van der Waals surface area contributed by atoms with Crippen molar-refractivity contribution in [2.24, 2.45) is 0 Å². The van der Waals surface area contributed by atoms with Crippen LogP contribution in [0.15, 0.2) is 0 Å². The van der Waals surface area contributed by atoms with Crippen LogP contribution in [0.3, 0.4) is 0 Å². The van der Waals surface area contributed by atoms with Gasteiger partial charge in [0.25, 0.3) is 0 Å². The third-order valence-corrected chi connectivity index (χ3v) is 5.91. The van der Waals surface area contributed by atoms with Crippen LogP contribution in [-0.4, -0.2) is 67.2 Å². The molecule has 0 aromatic heterocycles. The highest BCUT2D eigenvalue weighted by molar-refractivity contribution is 7.89. The zero-order chi connectivity index (χ0) is 15.9. The predicted octanol–water partition coefficient (Wildman–Crippen LogP) is 0.812. The van der Waals surface area contributed by atoms with E-state index in [2.05, 4.69) is 0 Å². The number of unbranched alkanes of at least 4 members (excludes halogenated alkanes) is 2. The molecule has 0 bridgehead atoms. The molecule has 6 nitrogen and oxygen atoms in total. The first-order valence-corrected chi connectivity index (χ1v) is 9.40. The summed E-state index contributed by atoms with van der Waals surface area (Å²) in [4.78, 5) is 14.1. The maximum absolute atomic E-state index is 12.4. The van der Waals surface area contributed by atoms with Gasteiger partial charge in [0.05, 0.1) is 5.75 Å². The van der Waals surface area contributed by atoms with Gasteiger partial charge in [0.15, 0.2) is 0 Å². The van der Waals surface area contributed by atoms with Crippen LogP contribution in [-0.2, 0) is 14.8 Å². The summed E-state index contributed by atoms with van der Waals surface area (Å²) in [7, 11) is -1.59. The molecular formula is C14H28N2O4S. The molecule has 7 heteroatoms. The van der Waals surface area contributed by atoms with Crippen molar-refractivity contribution in [3.05, 3.63) is 0 Å². The number of carbonyl (C=O) groups excluding carboxylic acids is 1. The summed E-state index contributed by atoms with van der Waals surface area (Å²) in [6.45, 7) is 3.06.